The van der Waals surface area contributed by atoms with Crippen molar-refractivity contribution in [1.82, 2.24) is 10.2 Å². The zero-order valence-electron chi connectivity index (χ0n) is 13.1. The minimum atomic E-state index is -0.342. The van der Waals surface area contributed by atoms with Crippen molar-refractivity contribution in [1.29, 1.82) is 0 Å². The van der Waals surface area contributed by atoms with E-state index in [0.717, 1.165) is 17.3 Å². The summed E-state index contributed by atoms with van der Waals surface area (Å²) in [6.07, 6.45) is 0. The Kier molecular flexibility index (Phi) is 5.35. The first kappa shape index (κ1) is 17.4. The molecular weight excluding hydrogens is 365 g/mol. The Labute approximate surface area is 152 Å². The molecule has 0 spiro atoms. The van der Waals surface area contributed by atoms with Crippen molar-refractivity contribution in [2.24, 2.45) is 0 Å². The average molecular weight is 378 g/mol. The van der Waals surface area contributed by atoms with Crippen LogP contribution in [0.25, 0.3) is 11.5 Å². The van der Waals surface area contributed by atoms with E-state index in [4.69, 9.17) is 16.0 Å². The molecule has 0 fully saturated rings. The number of thioether (sulfide) groups is 1. The van der Waals surface area contributed by atoms with Crippen LogP contribution in [0.3, 0.4) is 0 Å². The number of amides is 1. The molecule has 2 aromatic carbocycles. The topological polar surface area (TPSA) is 68.0 Å². The first-order valence-corrected chi connectivity index (χ1v) is 8.66. The zero-order chi connectivity index (χ0) is 17.8. The Hall–Kier alpha value is -2.38. The smallest absolute Gasteiger partial charge is 0.277 e. The monoisotopic (exact) mass is 377 g/mol. The lowest BCUT2D eigenvalue weighted by Crippen LogP contribution is -2.14. The fourth-order valence-electron chi connectivity index (χ4n) is 2.02. The molecule has 128 valence electrons. The van der Waals surface area contributed by atoms with Crippen molar-refractivity contribution in [3.05, 3.63) is 58.9 Å². The van der Waals surface area contributed by atoms with Crippen molar-refractivity contribution >= 4 is 35.0 Å². The summed E-state index contributed by atoms with van der Waals surface area (Å²) in [6.45, 7) is 1.88. The molecule has 1 amide bonds. The lowest BCUT2D eigenvalue weighted by Gasteiger charge is -2.07. The summed E-state index contributed by atoms with van der Waals surface area (Å²) in [4.78, 5) is 12.1. The molecule has 3 rings (SSSR count). The molecule has 0 saturated carbocycles. The second kappa shape index (κ2) is 7.67. The van der Waals surface area contributed by atoms with Crippen molar-refractivity contribution in [2.45, 2.75) is 12.1 Å². The molecular formula is C17H13ClFN3O2S. The van der Waals surface area contributed by atoms with Gasteiger partial charge in [0.2, 0.25) is 11.8 Å². The number of nitrogens with one attached hydrogen (secondary N) is 1. The molecule has 0 saturated heterocycles. The summed E-state index contributed by atoms with van der Waals surface area (Å²) >= 11 is 7.05. The highest BCUT2D eigenvalue weighted by atomic mass is 35.5. The second-order valence-electron chi connectivity index (χ2n) is 5.18. The molecule has 5 nitrogen and oxygen atoms in total. The van der Waals surface area contributed by atoms with Crippen LogP contribution in [-0.2, 0) is 4.79 Å². The molecule has 25 heavy (non-hydrogen) atoms. The van der Waals surface area contributed by atoms with E-state index in [1.165, 1.54) is 12.1 Å². The van der Waals surface area contributed by atoms with E-state index in [-0.39, 0.29) is 28.6 Å². The summed E-state index contributed by atoms with van der Waals surface area (Å²) in [5.74, 6) is -0.173. The number of aryl methyl sites for hydroxylation is 1. The molecule has 0 radical (unpaired) electrons. The second-order valence-corrected chi connectivity index (χ2v) is 6.54. The molecule has 0 aliphatic carbocycles. The van der Waals surface area contributed by atoms with Gasteiger partial charge in [-0.2, -0.15) is 0 Å². The van der Waals surface area contributed by atoms with Crippen molar-refractivity contribution in [3.8, 4) is 11.5 Å². The van der Waals surface area contributed by atoms with E-state index in [9.17, 15) is 9.18 Å². The molecule has 1 heterocycles. The van der Waals surface area contributed by atoms with Gasteiger partial charge in [0.05, 0.1) is 5.75 Å². The number of benzene rings is 2. The average Bonchev–Trinajstić information content (AvgIpc) is 3.06. The van der Waals surface area contributed by atoms with Crippen LogP contribution in [0, 0.1) is 12.7 Å². The van der Waals surface area contributed by atoms with Gasteiger partial charge >= 0.3 is 0 Å². The van der Waals surface area contributed by atoms with Crippen LogP contribution in [0.15, 0.2) is 52.1 Å². The first-order valence-electron chi connectivity index (χ1n) is 7.29. The lowest BCUT2D eigenvalue weighted by molar-refractivity contribution is -0.113. The number of carbonyl (C=O) groups is 1. The summed E-state index contributed by atoms with van der Waals surface area (Å²) in [5, 5.41) is 11.4. The molecule has 0 bridgehead atoms. The summed E-state index contributed by atoms with van der Waals surface area (Å²) in [6, 6.07) is 11.0. The highest BCUT2D eigenvalue weighted by molar-refractivity contribution is 7.99. The number of carbonyl (C=O) groups excluding carboxylic acids is 1. The van der Waals surface area contributed by atoms with Crippen LogP contribution in [-0.4, -0.2) is 21.9 Å². The van der Waals surface area contributed by atoms with Crippen LogP contribution >= 0.6 is 23.4 Å². The van der Waals surface area contributed by atoms with E-state index in [0.29, 0.717) is 16.3 Å². The number of anilines is 1. The molecule has 3 aromatic rings. The minimum Gasteiger partial charge on any atom is -0.411 e. The van der Waals surface area contributed by atoms with E-state index >= 15 is 0 Å². The Bertz CT molecular complexity index is 899. The predicted molar refractivity (Wildman–Crippen MR) is 95.2 cm³/mol. The van der Waals surface area contributed by atoms with Crippen LogP contribution in [0.2, 0.25) is 5.02 Å². The third-order valence-electron chi connectivity index (χ3n) is 3.30. The largest absolute Gasteiger partial charge is 0.411 e. The van der Waals surface area contributed by atoms with Gasteiger partial charge in [-0.1, -0.05) is 29.4 Å². The van der Waals surface area contributed by atoms with Crippen LogP contribution in [0.5, 0.6) is 0 Å². The first-order chi connectivity index (χ1) is 12.0. The molecule has 1 aromatic heterocycles. The Morgan fingerprint density at radius 2 is 2.00 bits per heavy atom. The van der Waals surface area contributed by atoms with Gasteiger partial charge in [0.25, 0.3) is 5.22 Å². The SMILES string of the molecule is Cc1ccc(Cl)cc1NC(=O)CSc1nnc(-c2ccc(F)cc2)o1. The number of halogens is 2. The van der Waals surface area contributed by atoms with E-state index in [1.807, 2.05) is 13.0 Å². The summed E-state index contributed by atoms with van der Waals surface area (Å²) in [7, 11) is 0. The van der Waals surface area contributed by atoms with Crippen LogP contribution in [0.4, 0.5) is 10.1 Å². The zero-order valence-corrected chi connectivity index (χ0v) is 14.7. The van der Waals surface area contributed by atoms with Gasteiger partial charge in [0.15, 0.2) is 0 Å². The van der Waals surface area contributed by atoms with Gasteiger partial charge in [0.1, 0.15) is 5.82 Å². The Balaban J connectivity index is 1.59. The summed E-state index contributed by atoms with van der Waals surface area (Å²) in [5.41, 5.74) is 2.19. The molecule has 0 aliphatic rings. The number of nitrogens with zero attached hydrogens (tertiary/aromatic N) is 2. The number of hydrogen-bond acceptors (Lipinski definition) is 5. The maximum Gasteiger partial charge on any atom is 0.277 e. The van der Waals surface area contributed by atoms with Crippen LogP contribution in [0.1, 0.15) is 5.56 Å². The Morgan fingerprint density at radius 3 is 2.76 bits per heavy atom. The number of aromatic nitrogens is 2. The maximum absolute atomic E-state index is 12.9. The maximum atomic E-state index is 12.9. The number of rotatable bonds is 5. The van der Waals surface area contributed by atoms with Gasteiger partial charge in [-0.25, -0.2) is 4.39 Å². The third kappa shape index (κ3) is 4.58. The fourth-order valence-corrected chi connectivity index (χ4v) is 2.75. The summed E-state index contributed by atoms with van der Waals surface area (Å²) < 4.78 is 18.4. The highest BCUT2D eigenvalue weighted by Gasteiger charge is 2.12. The fraction of sp³-hybridized carbons (Fsp3) is 0.118. The van der Waals surface area contributed by atoms with E-state index in [2.05, 4.69) is 15.5 Å². The van der Waals surface area contributed by atoms with Gasteiger partial charge < -0.3 is 9.73 Å². The third-order valence-corrected chi connectivity index (χ3v) is 4.35. The van der Waals surface area contributed by atoms with Gasteiger partial charge in [-0.05, 0) is 48.9 Å². The molecule has 0 aliphatic heterocycles. The van der Waals surface area contributed by atoms with Crippen molar-refractivity contribution in [2.75, 3.05) is 11.1 Å². The lowest BCUT2D eigenvalue weighted by atomic mass is 10.2. The normalized spacial score (nSPS) is 10.7. The quantitative estimate of drug-likeness (QED) is 0.660. The predicted octanol–water partition coefficient (Wildman–Crippen LogP) is 4.57. The molecule has 8 heteroatoms. The number of hydrogen-bond donors (Lipinski definition) is 1. The Morgan fingerprint density at radius 1 is 1.24 bits per heavy atom. The van der Waals surface area contributed by atoms with Crippen molar-refractivity contribution in [3.63, 3.8) is 0 Å². The highest BCUT2D eigenvalue weighted by Crippen LogP contribution is 2.24. The van der Waals surface area contributed by atoms with E-state index < -0.39 is 0 Å². The van der Waals surface area contributed by atoms with Gasteiger partial charge in [-0.15, -0.1) is 10.2 Å². The van der Waals surface area contributed by atoms with Crippen molar-refractivity contribution < 1.29 is 13.6 Å². The minimum absolute atomic E-state index is 0.108. The van der Waals surface area contributed by atoms with Gasteiger partial charge in [-0.3, -0.25) is 4.79 Å². The van der Waals surface area contributed by atoms with Crippen LogP contribution < -0.4 is 5.32 Å². The van der Waals surface area contributed by atoms with E-state index in [1.54, 1.807) is 24.3 Å². The molecule has 0 atom stereocenters. The van der Waals surface area contributed by atoms with Gasteiger partial charge in [0, 0.05) is 16.3 Å². The standard InChI is InChI=1S/C17H13ClFN3O2S/c1-10-2-5-12(18)8-14(10)20-15(23)9-25-17-22-21-16(24-17)11-3-6-13(19)7-4-11/h2-8H,9H2,1H3,(H,20,23). The molecule has 1 N–H and O–H groups in total. The molecule has 0 unspecified atom stereocenters.